The van der Waals surface area contributed by atoms with Crippen LogP contribution < -0.4 is 0 Å². The van der Waals surface area contributed by atoms with Crippen LogP contribution in [-0.2, 0) is 0 Å². The van der Waals surface area contributed by atoms with Crippen LogP contribution in [0.25, 0.3) is 11.1 Å². The highest BCUT2D eigenvalue weighted by Crippen LogP contribution is 2.37. The topological polar surface area (TPSA) is 41.8 Å². The summed E-state index contributed by atoms with van der Waals surface area (Å²) in [6, 6.07) is 11.6. The maximum absolute atomic E-state index is 12.4. The van der Waals surface area contributed by atoms with Crippen LogP contribution in [-0.4, -0.2) is 32.3 Å². The van der Waals surface area contributed by atoms with Gasteiger partial charge in [-0.05, 0) is 46.5 Å². The second-order valence-corrected chi connectivity index (χ2v) is 4.71. The van der Waals surface area contributed by atoms with Gasteiger partial charge in [0.1, 0.15) is 0 Å². The number of aliphatic imine (C=N–C) groups is 2. The Labute approximate surface area is 117 Å². The number of fused-ring (bicyclic) bond motifs is 3. The fourth-order valence-corrected chi connectivity index (χ4v) is 2.57. The summed E-state index contributed by atoms with van der Waals surface area (Å²) in [5.41, 5.74) is 5.49. The Hall–Kier alpha value is -2.55. The van der Waals surface area contributed by atoms with Crippen molar-refractivity contribution in [3.05, 3.63) is 58.7 Å². The molecule has 0 atom stereocenters. The van der Waals surface area contributed by atoms with E-state index in [9.17, 15) is 4.79 Å². The lowest BCUT2D eigenvalue weighted by atomic mass is 10.0. The third-order valence-electron chi connectivity index (χ3n) is 3.42. The minimum Gasteiger partial charge on any atom is -0.296 e. The quantitative estimate of drug-likeness (QED) is 0.654. The largest absolute Gasteiger partial charge is 0.296 e. The summed E-state index contributed by atoms with van der Waals surface area (Å²) in [5, 5.41) is 0. The molecular weight excluding hydrogens is 248 g/mol. The van der Waals surface area contributed by atoms with Crippen molar-refractivity contribution in [1.82, 2.24) is 0 Å². The van der Waals surface area contributed by atoms with Crippen molar-refractivity contribution in [2.45, 2.75) is 0 Å². The first-order chi connectivity index (χ1) is 9.74. The highest BCUT2D eigenvalue weighted by molar-refractivity contribution is 6.22. The van der Waals surface area contributed by atoms with Crippen LogP contribution in [0.5, 0.6) is 0 Å². The number of rotatable bonds is 2. The molecule has 0 fully saturated rings. The van der Waals surface area contributed by atoms with E-state index in [1.54, 1.807) is 26.5 Å². The molecule has 0 heterocycles. The number of ketones is 1. The minimum absolute atomic E-state index is 0.0926. The molecule has 98 valence electrons. The van der Waals surface area contributed by atoms with Crippen LogP contribution in [0.3, 0.4) is 0 Å². The average molecular weight is 262 g/mol. The van der Waals surface area contributed by atoms with Gasteiger partial charge in [-0.25, -0.2) is 0 Å². The lowest BCUT2D eigenvalue weighted by Gasteiger charge is -2.02. The zero-order chi connectivity index (χ0) is 14.1. The smallest absolute Gasteiger partial charge is 0.194 e. The predicted octanol–water partition coefficient (Wildman–Crippen LogP) is 3.00. The van der Waals surface area contributed by atoms with E-state index >= 15 is 0 Å². The van der Waals surface area contributed by atoms with Gasteiger partial charge in [-0.15, -0.1) is 0 Å². The summed E-state index contributed by atoms with van der Waals surface area (Å²) >= 11 is 0. The van der Waals surface area contributed by atoms with E-state index in [0.717, 1.165) is 33.4 Å². The molecule has 0 unspecified atom stereocenters. The van der Waals surface area contributed by atoms with Crippen molar-refractivity contribution in [1.29, 1.82) is 0 Å². The Kier molecular flexibility index (Phi) is 3.03. The van der Waals surface area contributed by atoms with Gasteiger partial charge >= 0.3 is 0 Å². The minimum atomic E-state index is 0.0926. The second-order valence-electron chi connectivity index (χ2n) is 4.71. The van der Waals surface area contributed by atoms with Gasteiger partial charge in [0.25, 0.3) is 0 Å². The van der Waals surface area contributed by atoms with Crippen LogP contribution >= 0.6 is 0 Å². The van der Waals surface area contributed by atoms with E-state index in [4.69, 9.17) is 0 Å². The lowest BCUT2D eigenvalue weighted by molar-refractivity contribution is 0.104. The molecule has 3 rings (SSSR count). The normalized spacial score (nSPS) is 13.2. The number of carbonyl (C=O) groups is 1. The molecule has 2 aromatic rings. The Morgan fingerprint density at radius 1 is 0.750 bits per heavy atom. The fraction of sp³-hybridized carbons (Fsp3) is 0.118. The van der Waals surface area contributed by atoms with Gasteiger partial charge in [-0.3, -0.25) is 14.8 Å². The predicted molar refractivity (Wildman–Crippen MR) is 82.3 cm³/mol. The monoisotopic (exact) mass is 262 g/mol. The lowest BCUT2D eigenvalue weighted by Crippen LogP contribution is -1.95. The summed E-state index contributed by atoms with van der Waals surface area (Å²) in [5.74, 6) is 0.0926. The van der Waals surface area contributed by atoms with Crippen molar-refractivity contribution in [2.24, 2.45) is 9.98 Å². The van der Waals surface area contributed by atoms with E-state index in [1.807, 2.05) is 36.4 Å². The number of benzene rings is 2. The molecular formula is C17H14N2O. The SMILES string of the molecule is CN=Cc1ccc2c(c1)-c1cc(C=NC)ccc1C2=O. The third-order valence-corrected chi connectivity index (χ3v) is 3.42. The van der Waals surface area contributed by atoms with E-state index < -0.39 is 0 Å². The van der Waals surface area contributed by atoms with Gasteiger partial charge in [0, 0.05) is 37.7 Å². The first-order valence-corrected chi connectivity index (χ1v) is 6.42. The van der Waals surface area contributed by atoms with Crippen molar-refractivity contribution >= 4 is 18.2 Å². The number of nitrogens with zero attached hydrogens (tertiary/aromatic N) is 2. The van der Waals surface area contributed by atoms with E-state index in [2.05, 4.69) is 9.98 Å². The number of hydrogen-bond donors (Lipinski definition) is 0. The molecule has 0 bridgehead atoms. The maximum atomic E-state index is 12.4. The average Bonchev–Trinajstić information content (AvgIpc) is 2.73. The molecule has 0 saturated carbocycles. The van der Waals surface area contributed by atoms with Gasteiger partial charge in [-0.1, -0.05) is 12.1 Å². The van der Waals surface area contributed by atoms with E-state index in [-0.39, 0.29) is 5.78 Å². The standard InChI is InChI=1S/C17H14N2O/c1-18-9-11-3-5-13-15(7-11)16-8-12(10-19-2)4-6-14(16)17(13)20/h3-10H,1-2H3. The third kappa shape index (κ3) is 1.88. The Morgan fingerprint density at radius 3 is 1.60 bits per heavy atom. The molecule has 0 N–H and O–H groups in total. The molecule has 0 aromatic heterocycles. The summed E-state index contributed by atoms with van der Waals surface area (Å²) in [6.45, 7) is 0. The molecule has 0 saturated heterocycles. The van der Waals surface area contributed by atoms with Crippen LogP contribution in [0.15, 0.2) is 46.4 Å². The van der Waals surface area contributed by atoms with Gasteiger partial charge < -0.3 is 0 Å². The molecule has 3 heteroatoms. The van der Waals surface area contributed by atoms with Crippen LogP contribution in [0, 0.1) is 0 Å². The Morgan fingerprint density at radius 2 is 1.20 bits per heavy atom. The van der Waals surface area contributed by atoms with Crippen molar-refractivity contribution in [2.75, 3.05) is 14.1 Å². The molecule has 0 radical (unpaired) electrons. The van der Waals surface area contributed by atoms with Gasteiger partial charge in [0.2, 0.25) is 0 Å². The molecule has 3 nitrogen and oxygen atoms in total. The van der Waals surface area contributed by atoms with E-state index in [1.165, 1.54) is 0 Å². The molecule has 0 amide bonds. The number of hydrogen-bond acceptors (Lipinski definition) is 3. The van der Waals surface area contributed by atoms with Gasteiger partial charge in [0.05, 0.1) is 0 Å². The van der Waals surface area contributed by atoms with Gasteiger partial charge in [0.15, 0.2) is 5.78 Å². The van der Waals surface area contributed by atoms with Crippen LogP contribution in [0.1, 0.15) is 27.0 Å². The molecule has 1 aliphatic rings. The fourth-order valence-electron chi connectivity index (χ4n) is 2.57. The van der Waals surface area contributed by atoms with Crippen LogP contribution in [0.2, 0.25) is 0 Å². The summed E-state index contributed by atoms with van der Waals surface area (Å²) < 4.78 is 0. The van der Waals surface area contributed by atoms with Crippen molar-refractivity contribution < 1.29 is 4.79 Å². The second kappa shape index (κ2) is 4.85. The molecule has 2 aromatic carbocycles. The maximum Gasteiger partial charge on any atom is 0.194 e. The summed E-state index contributed by atoms with van der Waals surface area (Å²) in [6.07, 6.45) is 3.58. The van der Waals surface area contributed by atoms with Gasteiger partial charge in [-0.2, -0.15) is 0 Å². The Bertz CT molecular complexity index is 694. The first-order valence-electron chi connectivity index (χ1n) is 6.42. The van der Waals surface area contributed by atoms with E-state index in [0.29, 0.717) is 0 Å². The first kappa shape index (κ1) is 12.5. The summed E-state index contributed by atoms with van der Waals surface area (Å²) in [4.78, 5) is 20.4. The zero-order valence-corrected chi connectivity index (χ0v) is 11.4. The highest BCUT2D eigenvalue weighted by Gasteiger charge is 2.26. The zero-order valence-electron chi connectivity index (χ0n) is 11.4. The van der Waals surface area contributed by atoms with Crippen molar-refractivity contribution in [3.8, 4) is 11.1 Å². The molecule has 1 aliphatic carbocycles. The molecule has 20 heavy (non-hydrogen) atoms. The van der Waals surface area contributed by atoms with Crippen LogP contribution in [0.4, 0.5) is 0 Å². The summed E-state index contributed by atoms with van der Waals surface area (Å²) in [7, 11) is 3.48. The molecule has 0 aliphatic heterocycles. The Balaban J connectivity index is 2.22. The highest BCUT2D eigenvalue weighted by atomic mass is 16.1. The van der Waals surface area contributed by atoms with Crippen molar-refractivity contribution in [3.63, 3.8) is 0 Å². The number of carbonyl (C=O) groups excluding carboxylic acids is 1. The molecule has 0 spiro atoms.